The maximum atomic E-state index is 12.0. The molecule has 0 spiro atoms. The normalized spacial score (nSPS) is 19.7. The largest absolute Gasteiger partial charge is 0.481 e. The Morgan fingerprint density at radius 3 is 2.30 bits per heavy atom. The lowest BCUT2D eigenvalue weighted by Gasteiger charge is -2.30. The number of unbranched alkanes of at least 4 members (excludes halogenated alkanes) is 3. The number of carboxylic acids is 1. The molecule has 0 aliphatic carbocycles. The van der Waals surface area contributed by atoms with E-state index in [-0.39, 0.29) is 29.7 Å². The lowest BCUT2D eigenvalue weighted by Crippen LogP contribution is -2.29. The summed E-state index contributed by atoms with van der Waals surface area (Å²) in [6.07, 6.45) is 15.6. The van der Waals surface area contributed by atoms with Gasteiger partial charge >= 0.3 is 5.97 Å². The van der Waals surface area contributed by atoms with Crippen molar-refractivity contribution < 1.29 is 40.4 Å². The number of fused-ring (bicyclic) bond motifs is 2. The van der Waals surface area contributed by atoms with Crippen LogP contribution in [0.5, 0.6) is 0 Å². The van der Waals surface area contributed by atoms with E-state index in [9.17, 15) is 30.7 Å². The van der Waals surface area contributed by atoms with Crippen molar-refractivity contribution in [1.29, 1.82) is 0 Å². The van der Waals surface area contributed by atoms with Gasteiger partial charge in [-0.1, -0.05) is 62.1 Å². The third-order valence-electron chi connectivity index (χ3n) is 9.87. The van der Waals surface area contributed by atoms with Crippen LogP contribution in [0.2, 0.25) is 0 Å². The van der Waals surface area contributed by atoms with Gasteiger partial charge in [0.05, 0.1) is 16.1 Å². The van der Waals surface area contributed by atoms with Gasteiger partial charge in [-0.25, -0.2) is 0 Å². The molecule has 4 rings (SSSR count). The predicted molar refractivity (Wildman–Crippen MR) is 198 cm³/mol. The molecule has 12 heteroatoms. The summed E-state index contributed by atoms with van der Waals surface area (Å²) in [5, 5.41) is 9.11. The van der Waals surface area contributed by atoms with E-state index in [4.69, 9.17) is 5.11 Å². The summed E-state index contributed by atoms with van der Waals surface area (Å²) < 4.78 is 67.9. The van der Waals surface area contributed by atoms with Gasteiger partial charge in [0, 0.05) is 53.9 Å². The monoisotopic (exact) mass is 727 g/mol. The number of hydrogen-bond acceptors (Lipinski definition) is 6. The number of allylic oxidation sites excluding steroid dienone is 6. The molecule has 0 aromatic heterocycles. The Kier molecular flexibility index (Phi) is 12.4. The quantitative estimate of drug-likeness (QED) is 0.0651. The number of aryl methyl sites for hydroxylation is 1. The molecule has 0 saturated heterocycles. The maximum absolute atomic E-state index is 12.0. The molecule has 0 bridgehead atoms. The molecule has 0 radical (unpaired) electrons. The molecule has 3 N–H and O–H groups in total. The first-order chi connectivity index (χ1) is 23.4. The second kappa shape index (κ2) is 15.8. The molecule has 2 heterocycles. The molecular formula is C38H51N2O8S2+. The SMILES string of the molecule is CCCCN1C(=CC=CC=CC2=[N+](CCCS(=O)(=O)O)c3ccc(S(=O)(=O)O)cc3C2(C)C)C(C)(CCCCCC(=O)O)c2cc(C)ccc21. The minimum absolute atomic E-state index is 0.149. The Hall–Kier alpha value is -3.58. The molecule has 10 nitrogen and oxygen atoms in total. The zero-order chi connectivity index (χ0) is 36.9. The van der Waals surface area contributed by atoms with Crippen LogP contribution in [0.4, 0.5) is 11.4 Å². The highest BCUT2D eigenvalue weighted by Crippen LogP contribution is 2.51. The fourth-order valence-electron chi connectivity index (χ4n) is 7.24. The van der Waals surface area contributed by atoms with Crippen LogP contribution in [-0.4, -0.2) is 66.1 Å². The van der Waals surface area contributed by atoms with E-state index < -0.39 is 37.4 Å². The third kappa shape index (κ3) is 9.01. The van der Waals surface area contributed by atoms with E-state index >= 15 is 0 Å². The second-order valence-electron chi connectivity index (χ2n) is 14.1. The van der Waals surface area contributed by atoms with E-state index in [1.165, 1.54) is 34.6 Å². The third-order valence-corrected chi connectivity index (χ3v) is 11.5. The number of anilines is 1. The van der Waals surface area contributed by atoms with Gasteiger partial charge in [0.15, 0.2) is 5.71 Å². The topological polar surface area (TPSA) is 152 Å². The lowest BCUT2D eigenvalue weighted by molar-refractivity contribution is -0.437. The summed E-state index contributed by atoms with van der Waals surface area (Å²) >= 11 is 0. The van der Waals surface area contributed by atoms with E-state index in [0.29, 0.717) is 17.7 Å². The fraction of sp³-hybridized carbons (Fsp3) is 0.474. The lowest BCUT2D eigenvalue weighted by atomic mass is 9.76. The van der Waals surface area contributed by atoms with Gasteiger partial charge in [0.25, 0.3) is 20.2 Å². The molecule has 50 heavy (non-hydrogen) atoms. The number of carbonyl (C=O) groups is 1. The number of nitrogens with zero attached hydrogens (tertiary/aromatic N) is 2. The van der Waals surface area contributed by atoms with Crippen LogP contribution in [-0.2, 0) is 35.9 Å². The first-order valence-electron chi connectivity index (χ1n) is 17.3. The van der Waals surface area contributed by atoms with E-state index in [1.807, 2.05) is 42.7 Å². The molecule has 272 valence electrons. The maximum Gasteiger partial charge on any atom is 0.303 e. The van der Waals surface area contributed by atoms with Crippen LogP contribution < -0.4 is 4.90 Å². The highest BCUT2D eigenvalue weighted by molar-refractivity contribution is 7.86. The van der Waals surface area contributed by atoms with Crippen molar-refractivity contribution in [3.63, 3.8) is 0 Å². The minimum atomic E-state index is -4.44. The summed E-state index contributed by atoms with van der Waals surface area (Å²) in [6, 6.07) is 11.0. The molecule has 2 aliphatic rings. The highest BCUT2D eigenvalue weighted by atomic mass is 32.2. The van der Waals surface area contributed by atoms with Crippen LogP contribution in [0.25, 0.3) is 0 Å². The van der Waals surface area contributed by atoms with Gasteiger partial charge in [-0.05, 0) is 76.8 Å². The summed E-state index contributed by atoms with van der Waals surface area (Å²) in [6.45, 7) is 11.6. The predicted octanol–water partition coefficient (Wildman–Crippen LogP) is 7.51. The summed E-state index contributed by atoms with van der Waals surface area (Å²) in [4.78, 5) is 13.3. The first kappa shape index (κ1) is 39.2. The molecule has 2 aromatic carbocycles. The summed E-state index contributed by atoms with van der Waals surface area (Å²) in [5.74, 6) is -1.18. The number of hydrogen-bond donors (Lipinski definition) is 3. The van der Waals surface area contributed by atoms with Crippen molar-refractivity contribution >= 4 is 43.3 Å². The molecule has 1 unspecified atom stereocenters. The summed E-state index contributed by atoms with van der Waals surface area (Å²) in [7, 11) is -8.60. The highest BCUT2D eigenvalue weighted by Gasteiger charge is 2.45. The molecule has 2 aliphatic heterocycles. The number of benzene rings is 2. The van der Waals surface area contributed by atoms with E-state index in [2.05, 4.69) is 49.9 Å². The van der Waals surface area contributed by atoms with Crippen molar-refractivity contribution in [1.82, 2.24) is 0 Å². The smallest absolute Gasteiger partial charge is 0.303 e. The van der Waals surface area contributed by atoms with Crippen LogP contribution >= 0.6 is 0 Å². The van der Waals surface area contributed by atoms with Gasteiger partial charge in [-0.15, -0.1) is 0 Å². The van der Waals surface area contributed by atoms with Crippen LogP contribution in [0.3, 0.4) is 0 Å². The zero-order valence-electron chi connectivity index (χ0n) is 29.7. The molecular weight excluding hydrogens is 677 g/mol. The van der Waals surface area contributed by atoms with Crippen molar-refractivity contribution in [2.24, 2.45) is 0 Å². The standard InChI is InChI=1S/C38H50N2O8S2/c1-6-7-23-40-33-20-18-28(2)26-31(33)38(5,22-13-9-12-17-36(41)42)35(40)16-11-8-10-15-34-37(3,4)30-27-29(50(46,47)48)19-21-32(30)39(34)24-14-25-49(43,44)45/h8,10-11,15-16,18-21,26-27H,6-7,9,12-14,17,22-25H2,1-5H3,(H2-,41,42,43,44,45,46,47,48)/p+1. The Morgan fingerprint density at radius 2 is 1.64 bits per heavy atom. The molecule has 1 atom stereocenters. The Labute approximate surface area is 297 Å². The van der Waals surface area contributed by atoms with Crippen LogP contribution in [0.1, 0.15) is 95.8 Å². The minimum Gasteiger partial charge on any atom is -0.481 e. The number of aliphatic carboxylic acids is 1. The van der Waals surface area contributed by atoms with Crippen molar-refractivity contribution in [2.45, 2.75) is 102 Å². The molecule has 0 fully saturated rings. The Balaban J connectivity index is 1.69. The second-order valence-corrected chi connectivity index (χ2v) is 17.1. The van der Waals surface area contributed by atoms with E-state index in [0.717, 1.165) is 44.4 Å². The average Bonchev–Trinajstić information content (AvgIpc) is 3.37. The van der Waals surface area contributed by atoms with Crippen molar-refractivity contribution in [3.8, 4) is 0 Å². The van der Waals surface area contributed by atoms with Gasteiger partial charge in [0.2, 0.25) is 5.69 Å². The number of rotatable bonds is 17. The molecule has 0 saturated carbocycles. The molecule has 2 aromatic rings. The van der Waals surface area contributed by atoms with Gasteiger partial charge < -0.3 is 10.0 Å². The van der Waals surface area contributed by atoms with E-state index in [1.54, 1.807) is 6.07 Å². The summed E-state index contributed by atoms with van der Waals surface area (Å²) in [5.41, 5.74) is 6.13. The average molecular weight is 728 g/mol. The van der Waals surface area contributed by atoms with Gasteiger partial charge in [-0.3, -0.25) is 13.9 Å². The van der Waals surface area contributed by atoms with Crippen molar-refractivity contribution in [2.75, 3.05) is 23.7 Å². The number of carboxylic acid groups (broad SMARTS) is 1. The Morgan fingerprint density at radius 1 is 0.900 bits per heavy atom. The van der Waals surface area contributed by atoms with Crippen molar-refractivity contribution in [3.05, 3.63) is 89.2 Å². The zero-order valence-corrected chi connectivity index (χ0v) is 31.4. The van der Waals surface area contributed by atoms with Gasteiger partial charge in [0.1, 0.15) is 6.54 Å². The van der Waals surface area contributed by atoms with Crippen LogP contribution in [0, 0.1) is 6.92 Å². The Bertz CT molecular complexity index is 1940. The molecule has 0 amide bonds. The fourth-order valence-corrected chi connectivity index (χ4v) is 8.24. The van der Waals surface area contributed by atoms with Crippen LogP contribution in [0.15, 0.2) is 77.4 Å². The van der Waals surface area contributed by atoms with Gasteiger partial charge in [-0.2, -0.15) is 21.4 Å². The first-order valence-corrected chi connectivity index (χ1v) is 20.3.